The number of carbonyl (C=O) groups excluding carboxylic acids is 1. The first kappa shape index (κ1) is 14.0. The number of nitrogens with zero attached hydrogens (tertiary/aromatic N) is 1. The van der Waals surface area contributed by atoms with Crippen LogP contribution < -0.4 is 0 Å². The first-order valence-corrected chi connectivity index (χ1v) is 5.90. The Hall–Kier alpha value is -2.02. The van der Waals surface area contributed by atoms with Crippen molar-refractivity contribution in [2.75, 3.05) is 7.11 Å². The van der Waals surface area contributed by atoms with Gasteiger partial charge in [-0.25, -0.2) is 4.79 Å². The zero-order valence-electron chi connectivity index (χ0n) is 10.9. The highest BCUT2D eigenvalue weighted by molar-refractivity contribution is 5.95. The molecule has 0 heterocycles. The molecular weight excluding hydrogens is 230 g/mol. The Morgan fingerprint density at radius 2 is 2.22 bits per heavy atom. The van der Waals surface area contributed by atoms with Crippen LogP contribution in [0.15, 0.2) is 6.07 Å². The number of methoxy groups -OCH3 is 1. The molecule has 0 atom stereocenters. The fraction of sp³-hybridized carbons (Fsp3) is 0.429. The number of phenols is 1. The van der Waals surface area contributed by atoms with Crippen molar-refractivity contribution in [2.45, 2.75) is 33.1 Å². The summed E-state index contributed by atoms with van der Waals surface area (Å²) < 4.78 is 4.65. The molecule has 0 unspecified atom stereocenters. The summed E-state index contributed by atoms with van der Waals surface area (Å²) in [5.41, 5.74) is 1.59. The third kappa shape index (κ3) is 2.62. The van der Waals surface area contributed by atoms with E-state index >= 15 is 0 Å². The van der Waals surface area contributed by atoms with Gasteiger partial charge in [-0.05, 0) is 37.0 Å². The van der Waals surface area contributed by atoms with Gasteiger partial charge in [0.25, 0.3) is 0 Å². The molecule has 4 nitrogen and oxygen atoms in total. The number of phenolic OH excluding ortho intramolecular Hbond substituents is 1. The predicted octanol–water partition coefficient (Wildman–Crippen LogP) is 2.70. The molecule has 0 radical (unpaired) electrons. The van der Waals surface area contributed by atoms with Crippen LogP contribution in [-0.4, -0.2) is 18.2 Å². The van der Waals surface area contributed by atoms with Gasteiger partial charge in [-0.2, -0.15) is 5.26 Å². The summed E-state index contributed by atoms with van der Waals surface area (Å²) in [7, 11) is 1.26. The Morgan fingerprint density at radius 3 is 2.72 bits per heavy atom. The molecule has 0 aliphatic heterocycles. The van der Waals surface area contributed by atoms with E-state index in [1.807, 2.05) is 13.0 Å². The van der Waals surface area contributed by atoms with Crippen LogP contribution >= 0.6 is 0 Å². The zero-order valence-corrected chi connectivity index (χ0v) is 10.9. The van der Waals surface area contributed by atoms with E-state index in [9.17, 15) is 9.90 Å². The molecule has 0 saturated heterocycles. The van der Waals surface area contributed by atoms with Crippen molar-refractivity contribution >= 4 is 5.97 Å². The van der Waals surface area contributed by atoms with Crippen LogP contribution in [0.3, 0.4) is 0 Å². The number of carbonyl (C=O) groups is 1. The van der Waals surface area contributed by atoms with E-state index in [1.54, 1.807) is 13.0 Å². The normalized spacial score (nSPS) is 9.89. The quantitative estimate of drug-likeness (QED) is 0.830. The van der Waals surface area contributed by atoms with Crippen molar-refractivity contribution in [3.63, 3.8) is 0 Å². The lowest BCUT2D eigenvalue weighted by atomic mass is 9.95. The Kier molecular flexibility index (Phi) is 4.73. The topological polar surface area (TPSA) is 70.3 Å². The molecule has 0 aromatic heterocycles. The largest absolute Gasteiger partial charge is 0.507 e. The predicted molar refractivity (Wildman–Crippen MR) is 67.5 cm³/mol. The molecule has 96 valence electrons. The molecule has 1 rings (SSSR count). The fourth-order valence-electron chi connectivity index (χ4n) is 1.85. The number of rotatable bonds is 4. The van der Waals surface area contributed by atoms with Crippen LogP contribution in [0.5, 0.6) is 5.75 Å². The maximum Gasteiger partial charge on any atom is 0.341 e. The molecule has 0 aliphatic carbocycles. The average Bonchev–Trinajstić information content (AvgIpc) is 2.37. The van der Waals surface area contributed by atoms with E-state index < -0.39 is 5.97 Å². The van der Waals surface area contributed by atoms with Crippen LogP contribution in [0.1, 0.15) is 46.8 Å². The SMILES string of the molecule is CCCCc1cc(C#N)c(C)c(C(=O)OC)c1O. The summed E-state index contributed by atoms with van der Waals surface area (Å²) in [6, 6.07) is 3.69. The first-order valence-electron chi connectivity index (χ1n) is 5.90. The van der Waals surface area contributed by atoms with Gasteiger partial charge in [0, 0.05) is 0 Å². The molecule has 0 bridgehead atoms. The third-order valence-electron chi connectivity index (χ3n) is 2.95. The number of ether oxygens (including phenoxy) is 1. The van der Waals surface area contributed by atoms with Crippen molar-refractivity contribution in [1.82, 2.24) is 0 Å². The molecule has 18 heavy (non-hydrogen) atoms. The van der Waals surface area contributed by atoms with E-state index in [0.29, 0.717) is 23.1 Å². The second kappa shape index (κ2) is 6.06. The number of benzene rings is 1. The number of nitriles is 1. The minimum absolute atomic E-state index is 0.0631. The van der Waals surface area contributed by atoms with E-state index in [2.05, 4.69) is 4.74 Å². The van der Waals surface area contributed by atoms with Crippen molar-refractivity contribution in [2.24, 2.45) is 0 Å². The van der Waals surface area contributed by atoms with Gasteiger partial charge in [0.15, 0.2) is 0 Å². The van der Waals surface area contributed by atoms with Crippen molar-refractivity contribution in [3.8, 4) is 11.8 Å². The van der Waals surface area contributed by atoms with E-state index in [4.69, 9.17) is 5.26 Å². The summed E-state index contributed by atoms with van der Waals surface area (Å²) in [6.45, 7) is 3.67. The van der Waals surface area contributed by atoms with Gasteiger partial charge in [0.1, 0.15) is 11.3 Å². The van der Waals surface area contributed by atoms with E-state index in [0.717, 1.165) is 12.8 Å². The van der Waals surface area contributed by atoms with Gasteiger partial charge < -0.3 is 9.84 Å². The number of hydrogen-bond acceptors (Lipinski definition) is 4. The molecule has 4 heteroatoms. The highest BCUT2D eigenvalue weighted by Crippen LogP contribution is 2.30. The van der Waals surface area contributed by atoms with Crippen LogP contribution in [0.2, 0.25) is 0 Å². The zero-order chi connectivity index (χ0) is 13.7. The maximum atomic E-state index is 11.7. The average molecular weight is 247 g/mol. The van der Waals surface area contributed by atoms with Crippen LogP contribution in [0.25, 0.3) is 0 Å². The molecule has 0 fully saturated rings. The summed E-state index contributed by atoms with van der Waals surface area (Å²) in [5.74, 6) is -0.674. The Bertz CT molecular complexity index is 501. The summed E-state index contributed by atoms with van der Waals surface area (Å²) in [6.07, 6.45) is 2.51. The Balaban J connectivity index is 3.39. The lowest BCUT2D eigenvalue weighted by Gasteiger charge is -2.12. The van der Waals surface area contributed by atoms with Gasteiger partial charge in [-0.1, -0.05) is 13.3 Å². The van der Waals surface area contributed by atoms with Gasteiger partial charge in [0.05, 0.1) is 18.7 Å². The van der Waals surface area contributed by atoms with Crippen LogP contribution in [0, 0.1) is 18.3 Å². The Labute approximate surface area is 107 Å². The first-order chi connectivity index (χ1) is 8.56. The molecule has 0 aliphatic rings. The lowest BCUT2D eigenvalue weighted by molar-refractivity contribution is 0.0596. The number of aryl methyl sites for hydroxylation is 1. The van der Waals surface area contributed by atoms with E-state index in [-0.39, 0.29) is 11.3 Å². The molecular formula is C14H17NO3. The minimum Gasteiger partial charge on any atom is -0.507 e. The second-order valence-corrected chi connectivity index (χ2v) is 4.14. The van der Waals surface area contributed by atoms with Crippen LogP contribution in [-0.2, 0) is 11.2 Å². The molecule has 0 spiro atoms. The molecule has 0 saturated carbocycles. The second-order valence-electron chi connectivity index (χ2n) is 4.14. The molecule has 1 N–H and O–H groups in total. The van der Waals surface area contributed by atoms with Gasteiger partial charge in [-0.15, -0.1) is 0 Å². The maximum absolute atomic E-state index is 11.7. The number of esters is 1. The lowest BCUT2D eigenvalue weighted by Crippen LogP contribution is -2.07. The van der Waals surface area contributed by atoms with Gasteiger partial charge >= 0.3 is 5.97 Å². The number of hydrogen-bond donors (Lipinski definition) is 1. The fourth-order valence-corrected chi connectivity index (χ4v) is 1.85. The number of aromatic hydroxyl groups is 1. The third-order valence-corrected chi connectivity index (χ3v) is 2.95. The van der Waals surface area contributed by atoms with Crippen molar-refractivity contribution in [1.29, 1.82) is 5.26 Å². The molecule has 1 aromatic carbocycles. The highest BCUT2D eigenvalue weighted by atomic mass is 16.5. The van der Waals surface area contributed by atoms with E-state index in [1.165, 1.54) is 7.11 Å². The highest BCUT2D eigenvalue weighted by Gasteiger charge is 2.21. The Morgan fingerprint density at radius 1 is 1.56 bits per heavy atom. The van der Waals surface area contributed by atoms with Crippen molar-refractivity contribution in [3.05, 3.63) is 28.3 Å². The van der Waals surface area contributed by atoms with Gasteiger partial charge in [-0.3, -0.25) is 0 Å². The number of unbranched alkanes of at least 4 members (excludes halogenated alkanes) is 1. The van der Waals surface area contributed by atoms with Gasteiger partial charge in [0.2, 0.25) is 0 Å². The minimum atomic E-state index is -0.611. The van der Waals surface area contributed by atoms with Crippen LogP contribution in [0.4, 0.5) is 0 Å². The summed E-state index contributed by atoms with van der Waals surface area (Å²) >= 11 is 0. The van der Waals surface area contributed by atoms with Crippen molar-refractivity contribution < 1.29 is 14.6 Å². The summed E-state index contributed by atoms with van der Waals surface area (Å²) in [5, 5.41) is 19.2. The summed E-state index contributed by atoms with van der Waals surface area (Å²) in [4.78, 5) is 11.7. The monoisotopic (exact) mass is 247 g/mol. The molecule has 0 amide bonds. The standard InChI is InChI=1S/C14H17NO3/c1-4-5-6-10-7-11(8-15)9(2)12(13(10)16)14(17)18-3/h7,16H,4-6H2,1-3H3. The molecule has 1 aromatic rings. The smallest absolute Gasteiger partial charge is 0.341 e.